The van der Waals surface area contributed by atoms with Crippen molar-refractivity contribution in [2.75, 3.05) is 26.2 Å². The third kappa shape index (κ3) is 4.43. The lowest BCUT2D eigenvalue weighted by atomic mass is 10.1. The Morgan fingerprint density at radius 3 is 2.63 bits per heavy atom. The summed E-state index contributed by atoms with van der Waals surface area (Å²) in [4.78, 5) is 22.2. The number of rotatable bonds is 5. The predicted octanol–water partition coefficient (Wildman–Crippen LogP) is 2.99. The van der Waals surface area contributed by atoms with Gasteiger partial charge < -0.3 is 9.42 Å². The molecule has 1 amide bonds. The molecule has 3 aromatic rings. The van der Waals surface area contributed by atoms with Crippen molar-refractivity contribution in [1.82, 2.24) is 19.9 Å². The van der Waals surface area contributed by atoms with Crippen LogP contribution in [0, 0.1) is 6.92 Å². The van der Waals surface area contributed by atoms with Gasteiger partial charge in [0, 0.05) is 26.2 Å². The molecule has 0 aliphatic carbocycles. The van der Waals surface area contributed by atoms with Crippen molar-refractivity contribution in [3.05, 3.63) is 58.8 Å². The van der Waals surface area contributed by atoms with Gasteiger partial charge in [-0.05, 0) is 23.9 Å². The van der Waals surface area contributed by atoms with Gasteiger partial charge in [-0.3, -0.25) is 9.69 Å². The molecule has 2 aromatic heterocycles. The summed E-state index contributed by atoms with van der Waals surface area (Å²) in [6.07, 6.45) is 0.466. The first kappa shape index (κ1) is 17.9. The number of thiophene rings is 1. The third-order valence-corrected chi connectivity index (χ3v) is 5.64. The lowest BCUT2D eigenvalue weighted by Gasteiger charge is -2.34. The van der Waals surface area contributed by atoms with E-state index in [1.165, 1.54) is 5.56 Å². The number of benzene rings is 1. The summed E-state index contributed by atoms with van der Waals surface area (Å²) in [6, 6.07) is 12.1. The molecule has 0 N–H and O–H groups in total. The first-order valence-electron chi connectivity index (χ1n) is 9.09. The van der Waals surface area contributed by atoms with Crippen molar-refractivity contribution < 1.29 is 9.32 Å². The van der Waals surface area contributed by atoms with Gasteiger partial charge in [0.1, 0.15) is 0 Å². The maximum absolute atomic E-state index is 12.5. The van der Waals surface area contributed by atoms with Crippen LogP contribution in [-0.4, -0.2) is 52.0 Å². The Bertz CT molecular complexity index is 881. The topological polar surface area (TPSA) is 62.5 Å². The Morgan fingerprint density at radius 1 is 1.15 bits per heavy atom. The summed E-state index contributed by atoms with van der Waals surface area (Å²) in [6.45, 7) is 5.77. The van der Waals surface area contributed by atoms with E-state index in [1.807, 2.05) is 34.5 Å². The number of nitrogens with zero attached hydrogens (tertiary/aromatic N) is 4. The molecule has 0 atom stereocenters. The van der Waals surface area contributed by atoms with Crippen LogP contribution in [-0.2, 0) is 17.8 Å². The van der Waals surface area contributed by atoms with Crippen molar-refractivity contribution in [3.63, 3.8) is 0 Å². The lowest BCUT2D eigenvalue weighted by molar-refractivity contribution is -0.132. The second-order valence-electron chi connectivity index (χ2n) is 6.81. The fourth-order valence-electron chi connectivity index (χ4n) is 3.16. The number of carbonyl (C=O) groups excluding carboxylic acids is 1. The van der Waals surface area contributed by atoms with Crippen LogP contribution in [0.15, 0.2) is 46.3 Å². The number of piperazine rings is 1. The van der Waals surface area contributed by atoms with Crippen LogP contribution >= 0.6 is 11.3 Å². The molecular weight excluding hydrogens is 360 g/mol. The molecule has 0 radical (unpaired) electrons. The molecule has 140 valence electrons. The van der Waals surface area contributed by atoms with Gasteiger partial charge in [0.25, 0.3) is 0 Å². The van der Waals surface area contributed by atoms with Crippen LogP contribution in [0.2, 0.25) is 0 Å². The highest BCUT2D eigenvalue weighted by molar-refractivity contribution is 7.13. The molecule has 1 fully saturated rings. The number of aromatic nitrogens is 2. The second-order valence-corrected chi connectivity index (χ2v) is 7.76. The van der Waals surface area contributed by atoms with Crippen LogP contribution in [0.4, 0.5) is 0 Å². The predicted molar refractivity (Wildman–Crippen MR) is 104 cm³/mol. The Morgan fingerprint density at radius 2 is 1.93 bits per heavy atom. The fraction of sp³-hybridized carbons (Fsp3) is 0.350. The zero-order valence-electron chi connectivity index (χ0n) is 15.3. The molecule has 1 saturated heterocycles. The highest BCUT2D eigenvalue weighted by atomic mass is 32.1. The van der Waals surface area contributed by atoms with Crippen molar-refractivity contribution in [1.29, 1.82) is 0 Å². The fourth-order valence-corrected chi connectivity index (χ4v) is 3.81. The molecule has 27 heavy (non-hydrogen) atoms. The van der Waals surface area contributed by atoms with E-state index in [1.54, 1.807) is 11.3 Å². The van der Waals surface area contributed by atoms with Crippen LogP contribution in [0.5, 0.6) is 0 Å². The highest BCUT2D eigenvalue weighted by Crippen LogP contribution is 2.21. The van der Waals surface area contributed by atoms with Gasteiger partial charge in [-0.25, -0.2) is 0 Å². The maximum Gasteiger partial charge on any atom is 0.241 e. The number of carbonyl (C=O) groups is 1. The molecule has 0 unspecified atom stereocenters. The molecule has 0 spiro atoms. The van der Waals surface area contributed by atoms with E-state index in [4.69, 9.17) is 4.52 Å². The highest BCUT2D eigenvalue weighted by Gasteiger charge is 2.22. The minimum Gasteiger partial charge on any atom is -0.340 e. The Kier molecular flexibility index (Phi) is 5.31. The Hall–Kier alpha value is -2.51. The third-order valence-electron chi connectivity index (χ3n) is 4.77. The van der Waals surface area contributed by atoms with Gasteiger partial charge in [-0.2, -0.15) is 4.98 Å². The van der Waals surface area contributed by atoms with Crippen LogP contribution in [0.25, 0.3) is 10.7 Å². The zero-order valence-corrected chi connectivity index (χ0v) is 16.1. The van der Waals surface area contributed by atoms with E-state index in [9.17, 15) is 4.79 Å². The van der Waals surface area contributed by atoms with Gasteiger partial charge in [0.15, 0.2) is 0 Å². The van der Waals surface area contributed by atoms with Crippen LogP contribution in [0.1, 0.15) is 17.0 Å². The van der Waals surface area contributed by atoms with E-state index in [2.05, 4.69) is 34.1 Å². The molecule has 1 aromatic carbocycles. The SMILES string of the molecule is Cc1ccc(CC(=O)N2CCN(Cc3nc(-c4cccs4)no3)CC2)cc1. The van der Waals surface area contributed by atoms with Gasteiger partial charge in [0.2, 0.25) is 17.6 Å². The molecule has 4 rings (SSSR count). The van der Waals surface area contributed by atoms with Gasteiger partial charge in [-0.1, -0.05) is 41.1 Å². The minimum absolute atomic E-state index is 0.191. The smallest absolute Gasteiger partial charge is 0.241 e. The summed E-state index contributed by atoms with van der Waals surface area (Å²) in [5, 5.41) is 6.05. The Balaban J connectivity index is 1.27. The molecular formula is C20H22N4O2S. The molecule has 0 bridgehead atoms. The quantitative estimate of drug-likeness (QED) is 0.679. The monoisotopic (exact) mass is 382 g/mol. The summed E-state index contributed by atoms with van der Waals surface area (Å²) in [5.74, 6) is 1.46. The van der Waals surface area contributed by atoms with Gasteiger partial charge in [-0.15, -0.1) is 11.3 Å². The number of hydrogen-bond donors (Lipinski definition) is 0. The lowest BCUT2D eigenvalue weighted by Crippen LogP contribution is -2.48. The van der Waals surface area contributed by atoms with Gasteiger partial charge in [0.05, 0.1) is 17.8 Å². The van der Waals surface area contributed by atoms with E-state index in [0.717, 1.165) is 36.6 Å². The Labute approximate surface area is 162 Å². The van der Waals surface area contributed by atoms with Crippen LogP contribution in [0.3, 0.4) is 0 Å². The molecule has 1 aliphatic heterocycles. The van der Waals surface area contributed by atoms with Crippen molar-refractivity contribution in [3.8, 4) is 10.7 Å². The molecule has 3 heterocycles. The first-order valence-corrected chi connectivity index (χ1v) is 9.97. The standard InChI is InChI=1S/C20H22N4O2S/c1-15-4-6-16(7-5-15)13-19(25)24-10-8-23(9-11-24)14-18-21-20(22-26-18)17-3-2-12-27-17/h2-7,12H,8-11,13-14H2,1H3. The van der Waals surface area contributed by atoms with Crippen molar-refractivity contribution >= 4 is 17.2 Å². The number of amides is 1. The van der Waals surface area contributed by atoms with Gasteiger partial charge >= 0.3 is 0 Å². The average Bonchev–Trinajstić information content (AvgIpc) is 3.36. The van der Waals surface area contributed by atoms with Crippen LogP contribution < -0.4 is 0 Å². The van der Waals surface area contributed by atoms with E-state index in [0.29, 0.717) is 24.7 Å². The number of hydrogen-bond acceptors (Lipinski definition) is 6. The van der Waals surface area contributed by atoms with Crippen molar-refractivity contribution in [2.24, 2.45) is 0 Å². The molecule has 1 aliphatic rings. The van der Waals surface area contributed by atoms with E-state index >= 15 is 0 Å². The number of aryl methyl sites for hydroxylation is 1. The van der Waals surface area contributed by atoms with E-state index in [-0.39, 0.29) is 5.91 Å². The normalized spacial score (nSPS) is 15.2. The molecule has 0 saturated carbocycles. The summed E-state index contributed by atoms with van der Waals surface area (Å²) < 4.78 is 5.38. The summed E-state index contributed by atoms with van der Waals surface area (Å²) >= 11 is 1.60. The molecule has 7 heteroatoms. The zero-order chi connectivity index (χ0) is 18.6. The maximum atomic E-state index is 12.5. The average molecular weight is 382 g/mol. The second kappa shape index (κ2) is 8.02. The van der Waals surface area contributed by atoms with Crippen molar-refractivity contribution in [2.45, 2.75) is 19.9 Å². The minimum atomic E-state index is 0.191. The summed E-state index contributed by atoms with van der Waals surface area (Å²) in [5.41, 5.74) is 2.28. The molecule has 6 nitrogen and oxygen atoms in total. The summed E-state index contributed by atoms with van der Waals surface area (Å²) in [7, 11) is 0. The van der Waals surface area contributed by atoms with E-state index < -0.39 is 0 Å². The first-order chi connectivity index (χ1) is 13.2. The largest absolute Gasteiger partial charge is 0.340 e.